The average molecular weight is 511 g/mol. The van der Waals surface area contributed by atoms with Crippen LogP contribution in [0.2, 0.25) is 0 Å². The van der Waals surface area contributed by atoms with Crippen LogP contribution in [-0.2, 0) is 18.0 Å². The van der Waals surface area contributed by atoms with Crippen LogP contribution in [0.15, 0.2) is 23.0 Å². The van der Waals surface area contributed by atoms with Crippen molar-refractivity contribution in [3.8, 4) is 17.1 Å². The third-order valence-corrected chi connectivity index (χ3v) is 4.99. The Balaban J connectivity index is 0.000000540. The molecule has 0 bridgehead atoms. The molecule has 0 aliphatic carbocycles. The number of aliphatic carboxylic acids is 1. The minimum atomic E-state index is -5.08. The Morgan fingerprint density at radius 3 is 2.34 bits per heavy atom. The largest absolute Gasteiger partial charge is 0.496 e. The Bertz CT molecular complexity index is 1100. The van der Waals surface area contributed by atoms with Crippen LogP contribution in [0.3, 0.4) is 0 Å². The van der Waals surface area contributed by atoms with E-state index in [4.69, 9.17) is 14.6 Å². The van der Waals surface area contributed by atoms with Crippen molar-refractivity contribution in [1.29, 1.82) is 0 Å². The summed E-state index contributed by atoms with van der Waals surface area (Å²) in [6, 6.07) is 3.08. The van der Waals surface area contributed by atoms with E-state index in [2.05, 4.69) is 27.8 Å². The summed E-state index contributed by atoms with van der Waals surface area (Å²) in [5.41, 5.74) is -1.00. The van der Waals surface area contributed by atoms with Gasteiger partial charge in [-0.25, -0.2) is 4.79 Å². The number of carboxylic acids is 1. The number of carbonyl (C=O) groups is 1. The number of methoxy groups -OCH3 is 1. The first-order valence-electron chi connectivity index (χ1n) is 10.1. The molecule has 2 heterocycles. The number of carboxylic acid groups (broad SMARTS) is 1. The van der Waals surface area contributed by atoms with Gasteiger partial charge in [-0.2, -0.15) is 26.3 Å². The van der Waals surface area contributed by atoms with Crippen LogP contribution in [0.4, 0.5) is 32.2 Å². The highest BCUT2D eigenvalue weighted by atomic mass is 19.4. The summed E-state index contributed by atoms with van der Waals surface area (Å²) in [7, 11) is 2.76. The van der Waals surface area contributed by atoms with Gasteiger partial charge in [-0.3, -0.25) is 9.36 Å². The van der Waals surface area contributed by atoms with Crippen LogP contribution in [0.5, 0.6) is 5.75 Å². The number of rotatable bonds is 4. The van der Waals surface area contributed by atoms with Crippen LogP contribution in [-0.4, -0.2) is 58.3 Å². The Hall–Kier alpha value is -3.36. The van der Waals surface area contributed by atoms with Crippen LogP contribution in [0.1, 0.15) is 18.9 Å². The standard InChI is InChI=1S/C18H22F3N5O2.C2HF3O2/c1-10-6-12(9-22-8-10)23-15-17(27)26(2)16(25-24-15)13-5-4-11(18(19,20)21)7-14(13)28-3;3-2(4,5)1(6)7/h4-5,7,10,12,22H,6,8-9H2,1-3H3,(H,23,24);(H,6,7)/t10-,12-;/m1./s1. The molecule has 0 unspecified atom stereocenters. The molecule has 1 aliphatic rings. The first kappa shape index (κ1) is 27.9. The molecule has 0 radical (unpaired) electrons. The van der Waals surface area contributed by atoms with Gasteiger partial charge >= 0.3 is 18.3 Å². The quantitative estimate of drug-likeness (QED) is 0.537. The second kappa shape index (κ2) is 10.9. The van der Waals surface area contributed by atoms with E-state index in [1.807, 2.05) is 0 Å². The number of ether oxygens (including phenoxy) is 1. The number of hydrogen-bond donors (Lipinski definition) is 3. The SMILES string of the molecule is COc1cc(C(F)(F)F)ccc1-c1nnc(N[C@H]2CNC[C@H](C)C2)c(=O)n1C.O=C(O)C(F)(F)F. The fraction of sp³-hybridized carbons (Fsp3) is 0.500. The van der Waals surface area contributed by atoms with Gasteiger partial charge in [-0.15, -0.1) is 10.2 Å². The zero-order valence-electron chi connectivity index (χ0n) is 18.8. The minimum Gasteiger partial charge on any atom is -0.496 e. The summed E-state index contributed by atoms with van der Waals surface area (Å²) in [6.45, 7) is 3.75. The fourth-order valence-electron chi connectivity index (χ4n) is 3.30. The molecule has 2 atom stereocenters. The van der Waals surface area contributed by atoms with Gasteiger partial charge < -0.3 is 20.5 Å². The van der Waals surface area contributed by atoms with Crippen molar-refractivity contribution >= 4 is 11.8 Å². The molecule has 0 amide bonds. The van der Waals surface area contributed by atoms with Crippen LogP contribution < -0.4 is 20.9 Å². The number of nitrogens with zero attached hydrogens (tertiary/aromatic N) is 3. The maximum atomic E-state index is 12.9. The van der Waals surface area contributed by atoms with Gasteiger partial charge in [0.15, 0.2) is 5.82 Å². The molecule has 2 aromatic rings. The lowest BCUT2D eigenvalue weighted by molar-refractivity contribution is -0.192. The molecule has 0 spiro atoms. The van der Waals surface area contributed by atoms with Crippen LogP contribution >= 0.6 is 0 Å². The molecule has 1 fully saturated rings. The predicted octanol–water partition coefficient (Wildman–Crippen LogP) is 2.91. The smallest absolute Gasteiger partial charge is 0.490 e. The summed E-state index contributed by atoms with van der Waals surface area (Å²) in [5.74, 6) is -2.09. The van der Waals surface area contributed by atoms with E-state index in [0.717, 1.165) is 25.1 Å². The molecular formula is C20H23F6N5O4. The molecule has 1 saturated heterocycles. The van der Waals surface area contributed by atoms with Crippen molar-refractivity contribution in [3.05, 3.63) is 34.1 Å². The summed E-state index contributed by atoms with van der Waals surface area (Å²) < 4.78 is 76.9. The second-order valence-electron chi connectivity index (χ2n) is 7.79. The Morgan fingerprint density at radius 2 is 1.83 bits per heavy atom. The third kappa shape index (κ3) is 7.31. The molecule has 1 aliphatic heterocycles. The van der Waals surface area contributed by atoms with Gasteiger partial charge in [0.25, 0.3) is 5.56 Å². The number of alkyl halides is 6. The Morgan fingerprint density at radius 1 is 1.20 bits per heavy atom. The molecule has 15 heteroatoms. The van der Waals surface area contributed by atoms with Crippen LogP contribution in [0.25, 0.3) is 11.4 Å². The highest BCUT2D eigenvalue weighted by Crippen LogP contribution is 2.36. The van der Waals surface area contributed by atoms with Gasteiger partial charge in [-0.05, 0) is 37.1 Å². The van der Waals surface area contributed by atoms with Gasteiger partial charge in [0, 0.05) is 19.6 Å². The molecule has 3 N–H and O–H groups in total. The molecule has 9 nitrogen and oxygen atoms in total. The van der Waals surface area contributed by atoms with E-state index in [-0.39, 0.29) is 29.0 Å². The summed E-state index contributed by atoms with van der Waals surface area (Å²) in [5, 5.41) is 21.6. The van der Waals surface area contributed by atoms with Crippen molar-refractivity contribution in [2.24, 2.45) is 13.0 Å². The number of hydrogen-bond acceptors (Lipinski definition) is 7. The van der Waals surface area contributed by atoms with Gasteiger partial charge in [0.2, 0.25) is 5.82 Å². The number of halogens is 6. The number of nitrogens with one attached hydrogen (secondary N) is 2. The zero-order valence-corrected chi connectivity index (χ0v) is 18.8. The molecule has 3 rings (SSSR count). The first-order chi connectivity index (χ1) is 16.1. The van der Waals surface area contributed by atoms with E-state index >= 15 is 0 Å². The molecule has 35 heavy (non-hydrogen) atoms. The summed E-state index contributed by atoms with van der Waals surface area (Å²) in [4.78, 5) is 21.6. The monoisotopic (exact) mass is 511 g/mol. The van der Waals surface area contributed by atoms with Crippen molar-refractivity contribution in [3.63, 3.8) is 0 Å². The van der Waals surface area contributed by atoms with E-state index in [1.165, 1.54) is 24.8 Å². The maximum Gasteiger partial charge on any atom is 0.490 e. The van der Waals surface area contributed by atoms with Gasteiger partial charge in [0.1, 0.15) is 5.75 Å². The lowest BCUT2D eigenvalue weighted by Crippen LogP contribution is -2.44. The molecule has 0 saturated carbocycles. The van der Waals surface area contributed by atoms with Crippen molar-refractivity contribution in [1.82, 2.24) is 20.1 Å². The zero-order chi connectivity index (χ0) is 26.6. The van der Waals surface area contributed by atoms with E-state index < -0.39 is 29.4 Å². The number of aromatic nitrogens is 3. The lowest BCUT2D eigenvalue weighted by atomic mass is 9.98. The van der Waals surface area contributed by atoms with E-state index in [9.17, 15) is 31.1 Å². The minimum absolute atomic E-state index is 0.0369. The topological polar surface area (TPSA) is 118 Å². The summed E-state index contributed by atoms with van der Waals surface area (Å²) in [6.07, 6.45) is -8.69. The highest BCUT2D eigenvalue weighted by Gasteiger charge is 2.38. The lowest BCUT2D eigenvalue weighted by Gasteiger charge is -2.28. The predicted molar refractivity (Wildman–Crippen MR) is 112 cm³/mol. The average Bonchev–Trinajstić information content (AvgIpc) is 2.76. The Labute approximate surface area is 195 Å². The number of benzene rings is 1. The number of piperidine rings is 1. The highest BCUT2D eigenvalue weighted by molar-refractivity contribution is 5.73. The normalized spacial score (nSPS) is 18.3. The third-order valence-electron chi connectivity index (χ3n) is 4.99. The van der Waals surface area contributed by atoms with Crippen molar-refractivity contribution < 1.29 is 41.0 Å². The number of anilines is 1. The molecular weight excluding hydrogens is 488 g/mol. The van der Waals surface area contributed by atoms with Crippen molar-refractivity contribution in [2.45, 2.75) is 31.7 Å². The Kier molecular flexibility index (Phi) is 8.70. The second-order valence-corrected chi connectivity index (χ2v) is 7.79. The first-order valence-corrected chi connectivity index (χ1v) is 10.1. The summed E-state index contributed by atoms with van der Waals surface area (Å²) >= 11 is 0. The van der Waals surface area contributed by atoms with E-state index in [1.54, 1.807) is 0 Å². The van der Waals surface area contributed by atoms with Crippen molar-refractivity contribution in [2.75, 3.05) is 25.5 Å². The van der Waals surface area contributed by atoms with Gasteiger partial charge in [0.05, 0.1) is 18.2 Å². The molecule has 1 aromatic heterocycles. The maximum absolute atomic E-state index is 12.9. The molecule has 1 aromatic carbocycles. The van der Waals surface area contributed by atoms with E-state index in [0.29, 0.717) is 12.5 Å². The fourth-order valence-corrected chi connectivity index (χ4v) is 3.30. The van der Waals surface area contributed by atoms with Crippen LogP contribution in [0, 0.1) is 5.92 Å². The molecule has 194 valence electrons. The van der Waals surface area contributed by atoms with Gasteiger partial charge in [-0.1, -0.05) is 6.92 Å².